The number of carbonyl (C=O) groups is 2. The van der Waals surface area contributed by atoms with E-state index in [2.05, 4.69) is 21.9 Å². The SMILES string of the molecule is COC(=O)/C=C/CNCC#CC(=O)OC(C)(C)C. The van der Waals surface area contributed by atoms with Gasteiger partial charge >= 0.3 is 11.9 Å². The molecule has 0 atom stereocenters. The van der Waals surface area contributed by atoms with Gasteiger partial charge in [-0.2, -0.15) is 0 Å². The first-order valence-corrected chi connectivity index (χ1v) is 5.52. The van der Waals surface area contributed by atoms with E-state index in [4.69, 9.17) is 4.74 Å². The van der Waals surface area contributed by atoms with Gasteiger partial charge in [-0.15, -0.1) is 0 Å². The number of rotatable bonds is 4. The van der Waals surface area contributed by atoms with Gasteiger partial charge in [-0.25, -0.2) is 9.59 Å². The van der Waals surface area contributed by atoms with E-state index in [-0.39, 0.29) is 0 Å². The number of hydrogen-bond acceptors (Lipinski definition) is 5. The molecule has 0 saturated heterocycles. The van der Waals surface area contributed by atoms with E-state index in [9.17, 15) is 9.59 Å². The number of esters is 2. The molecule has 18 heavy (non-hydrogen) atoms. The van der Waals surface area contributed by atoms with Gasteiger partial charge in [0, 0.05) is 18.5 Å². The van der Waals surface area contributed by atoms with Crippen molar-refractivity contribution >= 4 is 11.9 Å². The highest BCUT2D eigenvalue weighted by Gasteiger charge is 2.13. The van der Waals surface area contributed by atoms with Crippen molar-refractivity contribution in [3.8, 4) is 11.8 Å². The maximum atomic E-state index is 11.2. The van der Waals surface area contributed by atoms with E-state index in [0.29, 0.717) is 13.1 Å². The smallest absolute Gasteiger partial charge is 0.384 e. The molecule has 0 aliphatic rings. The highest BCUT2D eigenvalue weighted by atomic mass is 16.6. The van der Waals surface area contributed by atoms with Crippen LogP contribution < -0.4 is 5.32 Å². The van der Waals surface area contributed by atoms with Crippen LogP contribution in [0, 0.1) is 11.8 Å². The second-order valence-electron chi connectivity index (χ2n) is 4.36. The van der Waals surface area contributed by atoms with E-state index in [1.165, 1.54) is 13.2 Å². The van der Waals surface area contributed by atoms with E-state index >= 15 is 0 Å². The summed E-state index contributed by atoms with van der Waals surface area (Å²) in [6.07, 6.45) is 2.93. The molecule has 0 rings (SSSR count). The van der Waals surface area contributed by atoms with Crippen LogP contribution in [0.15, 0.2) is 12.2 Å². The van der Waals surface area contributed by atoms with Crippen LogP contribution in [0.25, 0.3) is 0 Å². The van der Waals surface area contributed by atoms with Crippen LogP contribution in [0.4, 0.5) is 0 Å². The zero-order chi connectivity index (χ0) is 14.0. The molecule has 0 amide bonds. The Morgan fingerprint density at radius 1 is 1.33 bits per heavy atom. The molecule has 5 nitrogen and oxygen atoms in total. The zero-order valence-corrected chi connectivity index (χ0v) is 11.2. The van der Waals surface area contributed by atoms with Crippen molar-refractivity contribution in [2.24, 2.45) is 0 Å². The lowest BCUT2D eigenvalue weighted by molar-refractivity contribution is -0.147. The molecule has 0 saturated carbocycles. The van der Waals surface area contributed by atoms with Crippen molar-refractivity contribution in [1.82, 2.24) is 5.32 Å². The fourth-order valence-corrected chi connectivity index (χ4v) is 0.861. The molecule has 0 aromatic carbocycles. The van der Waals surface area contributed by atoms with Crippen LogP contribution in [-0.2, 0) is 19.1 Å². The number of carbonyl (C=O) groups excluding carboxylic acids is 2. The molecule has 0 unspecified atom stereocenters. The van der Waals surface area contributed by atoms with Crippen LogP contribution in [0.2, 0.25) is 0 Å². The molecule has 0 aliphatic heterocycles. The zero-order valence-electron chi connectivity index (χ0n) is 11.2. The Morgan fingerprint density at radius 3 is 2.56 bits per heavy atom. The summed E-state index contributed by atoms with van der Waals surface area (Å²) in [5, 5.41) is 2.91. The van der Waals surface area contributed by atoms with Gasteiger partial charge in [0.1, 0.15) is 5.60 Å². The lowest BCUT2D eigenvalue weighted by Crippen LogP contribution is -2.23. The first kappa shape index (κ1) is 16.2. The van der Waals surface area contributed by atoms with Crippen LogP contribution in [-0.4, -0.2) is 37.7 Å². The molecule has 0 heterocycles. The molecule has 0 radical (unpaired) electrons. The van der Waals surface area contributed by atoms with Gasteiger partial charge in [-0.05, 0) is 20.8 Å². The Balaban J connectivity index is 3.77. The summed E-state index contributed by atoms with van der Waals surface area (Å²) in [6.45, 7) is 6.15. The molecular formula is C13H19NO4. The predicted molar refractivity (Wildman–Crippen MR) is 67.6 cm³/mol. The molecular weight excluding hydrogens is 234 g/mol. The molecule has 100 valence electrons. The molecule has 5 heteroatoms. The van der Waals surface area contributed by atoms with Crippen molar-refractivity contribution in [3.05, 3.63) is 12.2 Å². The summed E-state index contributed by atoms with van der Waals surface area (Å²) in [7, 11) is 1.31. The second-order valence-corrected chi connectivity index (χ2v) is 4.36. The fourth-order valence-electron chi connectivity index (χ4n) is 0.861. The summed E-state index contributed by atoms with van der Waals surface area (Å²) >= 11 is 0. The summed E-state index contributed by atoms with van der Waals surface area (Å²) in [5.41, 5.74) is -0.525. The van der Waals surface area contributed by atoms with Gasteiger partial charge in [0.15, 0.2) is 0 Å². The predicted octanol–water partition coefficient (Wildman–Crippen LogP) is 0.650. The summed E-state index contributed by atoms with van der Waals surface area (Å²) in [6, 6.07) is 0. The van der Waals surface area contributed by atoms with Crippen molar-refractivity contribution in [2.45, 2.75) is 26.4 Å². The van der Waals surface area contributed by atoms with Crippen molar-refractivity contribution in [2.75, 3.05) is 20.2 Å². The minimum absolute atomic E-state index is 0.338. The average molecular weight is 253 g/mol. The van der Waals surface area contributed by atoms with Crippen LogP contribution >= 0.6 is 0 Å². The number of methoxy groups -OCH3 is 1. The van der Waals surface area contributed by atoms with Gasteiger partial charge in [0.25, 0.3) is 0 Å². The largest absolute Gasteiger partial charge is 0.466 e. The lowest BCUT2D eigenvalue weighted by Gasteiger charge is -2.16. The maximum absolute atomic E-state index is 11.2. The number of hydrogen-bond donors (Lipinski definition) is 1. The Kier molecular flexibility index (Phi) is 7.48. The van der Waals surface area contributed by atoms with E-state index < -0.39 is 17.5 Å². The van der Waals surface area contributed by atoms with Crippen molar-refractivity contribution < 1.29 is 19.1 Å². The minimum Gasteiger partial charge on any atom is -0.466 e. The van der Waals surface area contributed by atoms with Crippen LogP contribution in [0.3, 0.4) is 0 Å². The third-order valence-electron chi connectivity index (χ3n) is 1.52. The standard InChI is InChI=1S/C13H19NO4/c1-13(2,3)18-12(16)8-6-10-14-9-5-7-11(15)17-4/h5,7,14H,9-10H2,1-4H3/b7-5+. The minimum atomic E-state index is -0.547. The highest BCUT2D eigenvalue weighted by molar-refractivity contribution is 5.88. The highest BCUT2D eigenvalue weighted by Crippen LogP contribution is 2.05. The first-order chi connectivity index (χ1) is 8.35. The number of nitrogens with one attached hydrogen (secondary N) is 1. The normalized spacial score (nSPS) is 10.7. The van der Waals surface area contributed by atoms with Gasteiger partial charge < -0.3 is 14.8 Å². The number of ether oxygens (including phenoxy) is 2. The quantitative estimate of drug-likeness (QED) is 0.262. The van der Waals surface area contributed by atoms with Crippen molar-refractivity contribution in [1.29, 1.82) is 0 Å². The molecule has 0 bridgehead atoms. The second kappa shape index (κ2) is 8.31. The molecule has 0 aromatic heterocycles. The van der Waals surface area contributed by atoms with Crippen LogP contribution in [0.1, 0.15) is 20.8 Å². The molecule has 0 aliphatic carbocycles. The molecule has 1 N–H and O–H groups in total. The maximum Gasteiger partial charge on any atom is 0.384 e. The van der Waals surface area contributed by atoms with Crippen molar-refractivity contribution in [3.63, 3.8) is 0 Å². The molecule has 0 aromatic rings. The van der Waals surface area contributed by atoms with E-state index in [1.54, 1.807) is 26.8 Å². The summed E-state index contributed by atoms with van der Waals surface area (Å²) < 4.78 is 9.41. The van der Waals surface area contributed by atoms with E-state index in [0.717, 1.165) is 0 Å². The third-order valence-corrected chi connectivity index (χ3v) is 1.52. The van der Waals surface area contributed by atoms with E-state index in [1.807, 2.05) is 0 Å². The van der Waals surface area contributed by atoms with Gasteiger partial charge in [0.2, 0.25) is 0 Å². The van der Waals surface area contributed by atoms with Gasteiger partial charge in [0.05, 0.1) is 13.7 Å². The summed E-state index contributed by atoms with van der Waals surface area (Å²) in [5.74, 6) is 4.03. The summed E-state index contributed by atoms with van der Waals surface area (Å²) in [4.78, 5) is 21.9. The van der Waals surface area contributed by atoms with Crippen LogP contribution in [0.5, 0.6) is 0 Å². The molecule has 0 spiro atoms. The fraction of sp³-hybridized carbons (Fsp3) is 0.538. The molecule has 0 fully saturated rings. The van der Waals surface area contributed by atoms with Gasteiger partial charge in [-0.1, -0.05) is 12.0 Å². The Hall–Kier alpha value is -1.80. The lowest BCUT2D eigenvalue weighted by atomic mass is 10.2. The first-order valence-electron chi connectivity index (χ1n) is 5.52. The third kappa shape index (κ3) is 10.7. The topological polar surface area (TPSA) is 64.6 Å². The Bertz CT molecular complexity index is 369. The Morgan fingerprint density at radius 2 is 2.00 bits per heavy atom. The Labute approximate surface area is 108 Å². The monoisotopic (exact) mass is 253 g/mol. The van der Waals surface area contributed by atoms with Gasteiger partial charge in [-0.3, -0.25) is 0 Å². The average Bonchev–Trinajstić information content (AvgIpc) is 2.25.